The molecule has 6 heteroatoms. The molecule has 0 aliphatic carbocycles. The zero-order chi connectivity index (χ0) is 15.9. The average molecular weight is 311 g/mol. The van der Waals surface area contributed by atoms with E-state index in [0.717, 1.165) is 18.6 Å². The van der Waals surface area contributed by atoms with Crippen molar-refractivity contribution in [2.24, 2.45) is 5.73 Å². The van der Waals surface area contributed by atoms with E-state index < -0.39 is 23.4 Å². The lowest BCUT2D eigenvalue weighted by Gasteiger charge is -2.28. The molecule has 0 aliphatic heterocycles. The van der Waals surface area contributed by atoms with Crippen molar-refractivity contribution in [2.45, 2.75) is 31.4 Å². The minimum Gasteiger partial charge on any atom is -0.480 e. The van der Waals surface area contributed by atoms with Gasteiger partial charge >= 0.3 is 5.97 Å². The van der Waals surface area contributed by atoms with Crippen molar-refractivity contribution in [3.8, 4) is 0 Å². The summed E-state index contributed by atoms with van der Waals surface area (Å²) in [5.74, 6) is -1.31. The van der Waals surface area contributed by atoms with Gasteiger partial charge in [0.25, 0.3) is 0 Å². The number of hydrogen-bond acceptors (Lipinski definition) is 5. The summed E-state index contributed by atoms with van der Waals surface area (Å²) in [6.07, 6.45) is 0.151. The Kier molecular flexibility index (Phi) is 6.87. The third kappa shape index (κ3) is 4.56. The average Bonchev–Trinajstić information content (AvgIpc) is 2.50. The maximum atomic E-state index is 12.2. The molecule has 1 aromatic rings. The predicted molar refractivity (Wildman–Crippen MR) is 83.6 cm³/mol. The fraction of sp³-hybridized carbons (Fsp3) is 0.467. The van der Waals surface area contributed by atoms with Crippen LogP contribution in [0.2, 0.25) is 0 Å². The van der Waals surface area contributed by atoms with Crippen LogP contribution in [0, 0.1) is 0 Å². The van der Waals surface area contributed by atoms with Crippen LogP contribution in [-0.4, -0.2) is 45.1 Å². The van der Waals surface area contributed by atoms with E-state index in [1.807, 2.05) is 6.92 Å². The SMILES string of the molecule is CCCCSCC(N)(C(=O)O)C(O)C(=O)c1ccccc1. The molecule has 2 atom stereocenters. The number of aliphatic carboxylic acids is 1. The fourth-order valence-corrected chi connectivity index (χ4v) is 3.00. The number of benzene rings is 1. The van der Waals surface area contributed by atoms with Gasteiger partial charge in [0.15, 0.2) is 11.3 Å². The second kappa shape index (κ2) is 8.17. The second-order valence-corrected chi connectivity index (χ2v) is 5.99. The third-order valence-electron chi connectivity index (χ3n) is 3.18. The van der Waals surface area contributed by atoms with Gasteiger partial charge < -0.3 is 15.9 Å². The Bertz CT molecular complexity index is 480. The van der Waals surface area contributed by atoms with Crippen molar-refractivity contribution >= 4 is 23.5 Å². The van der Waals surface area contributed by atoms with Crippen LogP contribution in [0.25, 0.3) is 0 Å². The Morgan fingerprint density at radius 3 is 2.48 bits per heavy atom. The minimum atomic E-state index is -1.98. The highest BCUT2D eigenvalue weighted by Gasteiger charge is 2.45. The van der Waals surface area contributed by atoms with E-state index in [0.29, 0.717) is 0 Å². The van der Waals surface area contributed by atoms with Crippen LogP contribution < -0.4 is 5.73 Å². The van der Waals surface area contributed by atoms with Gasteiger partial charge in [0.2, 0.25) is 0 Å². The van der Waals surface area contributed by atoms with E-state index in [-0.39, 0.29) is 11.3 Å². The normalized spacial score (nSPS) is 15.2. The van der Waals surface area contributed by atoms with Gasteiger partial charge in [-0.15, -0.1) is 0 Å². The molecule has 0 heterocycles. The lowest BCUT2D eigenvalue weighted by molar-refractivity contribution is -0.145. The summed E-state index contributed by atoms with van der Waals surface area (Å²) in [6.45, 7) is 2.03. The molecule has 116 valence electrons. The molecular formula is C15H21NO4S. The molecule has 0 spiro atoms. The zero-order valence-electron chi connectivity index (χ0n) is 12.0. The molecule has 0 aromatic heterocycles. The molecule has 2 unspecified atom stereocenters. The van der Waals surface area contributed by atoms with E-state index >= 15 is 0 Å². The van der Waals surface area contributed by atoms with E-state index in [1.165, 1.54) is 23.9 Å². The molecule has 0 amide bonds. The summed E-state index contributed by atoms with van der Waals surface area (Å²) in [7, 11) is 0. The summed E-state index contributed by atoms with van der Waals surface area (Å²) in [4.78, 5) is 23.6. The number of hydrogen-bond donors (Lipinski definition) is 3. The maximum Gasteiger partial charge on any atom is 0.327 e. The predicted octanol–water partition coefficient (Wildman–Crippen LogP) is 1.55. The minimum absolute atomic E-state index is 0.0118. The van der Waals surface area contributed by atoms with Gasteiger partial charge in [0, 0.05) is 11.3 Å². The lowest BCUT2D eigenvalue weighted by Crippen LogP contribution is -2.62. The van der Waals surface area contributed by atoms with Gasteiger partial charge in [0.05, 0.1) is 0 Å². The summed E-state index contributed by atoms with van der Waals surface area (Å²) < 4.78 is 0. The third-order valence-corrected chi connectivity index (χ3v) is 4.44. The number of ketones is 1. The highest BCUT2D eigenvalue weighted by molar-refractivity contribution is 7.99. The second-order valence-electron chi connectivity index (χ2n) is 4.88. The molecule has 0 saturated heterocycles. The number of carboxylic acids is 1. The number of thioether (sulfide) groups is 1. The Morgan fingerprint density at radius 1 is 1.33 bits per heavy atom. The molecule has 1 rings (SSSR count). The first-order valence-electron chi connectivity index (χ1n) is 6.80. The van der Waals surface area contributed by atoms with Crippen molar-refractivity contribution in [1.29, 1.82) is 0 Å². The summed E-state index contributed by atoms with van der Waals surface area (Å²) >= 11 is 1.34. The smallest absolute Gasteiger partial charge is 0.327 e. The van der Waals surface area contributed by atoms with Gasteiger partial charge in [-0.25, -0.2) is 0 Å². The number of rotatable bonds is 9. The number of Topliss-reactive ketones (excluding diaryl/α,β-unsaturated/α-hetero) is 1. The lowest BCUT2D eigenvalue weighted by atomic mass is 9.90. The quantitative estimate of drug-likeness (QED) is 0.472. The van der Waals surface area contributed by atoms with E-state index in [9.17, 15) is 19.8 Å². The molecule has 21 heavy (non-hydrogen) atoms. The van der Waals surface area contributed by atoms with Crippen molar-refractivity contribution in [2.75, 3.05) is 11.5 Å². The van der Waals surface area contributed by atoms with Gasteiger partial charge in [-0.2, -0.15) is 11.8 Å². The Labute approximate surface area is 128 Å². The molecule has 1 aromatic carbocycles. The highest BCUT2D eigenvalue weighted by atomic mass is 32.2. The van der Waals surface area contributed by atoms with Crippen LogP contribution in [0.4, 0.5) is 0 Å². The molecule has 5 nitrogen and oxygen atoms in total. The number of carbonyl (C=O) groups excluding carboxylic acids is 1. The molecule has 0 saturated carbocycles. The van der Waals surface area contributed by atoms with Crippen LogP contribution in [0.3, 0.4) is 0 Å². The van der Waals surface area contributed by atoms with Crippen LogP contribution >= 0.6 is 11.8 Å². The first-order valence-corrected chi connectivity index (χ1v) is 7.96. The Morgan fingerprint density at radius 2 is 1.95 bits per heavy atom. The Hall–Kier alpha value is -1.37. The van der Waals surface area contributed by atoms with E-state index in [1.54, 1.807) is 18.2 Å². The van der Waals surface area contributed by atoms with Gasteiger partial charge in [-0.1, -0.05) is 43.7 Å². The number of unbranched alkanes of at least 4 members (excludes halogenated alkanes) is 1. The monoisotopic (exact) mass is 311 g/mol. The maximum absolute atomic E-state index is 12.2. The van der Waals surface area contributed by atoms with E-state index in [4.69, 9.17) is 5.73 Å². The molecule has 0 radical (unpaired) electrons. The molecule has 4 N–H and O–H groups in total. The van der Waals surface area contributed by atoms with Crippen LogP contribution in [0.15, 0.2) is 30.3 Å². The number of carboxylic acid groups (broad SMARTS) is 1. The first kappa shape index (κ1) is 17.7. The van der Waals surface area contributed by atoms with Crippen molar-refractivity contribution in [3.63, 3.8) is 0 Å². The molecular weight excluding hydrogens is 290 g/mol. The van der Waals surface area contributed by atoms with E-state index in [2.05, 4.69) is 0 Å². The first-order chi connectivity index (χ1) is 9.93. The van der Waals surface area contributed by atoms with Crippen molar-refractivity contribution < 1.29 is 19.8 Å². The summed E-state index contributed by atoms with van der Waals surface area (Å²) in [5.41, 5.74) is 4.08. The van der Waals surface area contributed by atoms with Gasteiger partial charge in [-0.3, -0.25) is 9.59 Å². The molecule has 0 aliphatic rings. The number of carbonyl (C=O) groups is 2. The molecule has 0 bridgehead atoms. The topological polar surface area (TPSA) is 101 Å². The van der Waals surface area contributed by atoms with Gasteiger partial charge in [-0.05, 0) is 12.2 Å². The zero-order valence-corrected chi connectivity index (χ0v) is 12.8. The largest absolute Gasteiger partial charge is 0.480 e. The number of aliphatic hydroxyl groups is 1. The standard InChI is InChI=1S/C15H21NO4S/c1-2-3-9-21-10-15(16,14(19)20)13(18)12(17)11-7-5-4-6-8-11/h4-8,13,18H,2-3,9-10,16H2,1H3,(H,19,20). The van der Waals surface area contributed by atoms with Crippen LogP contribution in [0.1, 0.15) is 30.1 Å². The van der Waals surface area contributed by atoms with Crippen LogP contribution in [0.5, 0.6) is 0 Å². The molecule has 0 fully saturated rings. The fourth-order valence-electron chi connectivity index (χ4n) is 1.74. The highest BCUT2D eigenvalue weighted by Crippen LogP contribution is 2.20. The van der Waals surface area contributed by atoms with Gasteiger partial charge in [0.1, 0.15) is 6.10 Å². The summed E-state index contributed by atoms with van der Waals surface area (Å²) in [5, 5.41) is 19.5. The number of nitrogens with two attached hydrogens (primary N) is 1. The van der Waals surface area contributed by atoms with Crippen molar-refractivity contribution in [1.82, 2.24) is 0 Å². The summed E-state index contributed by atoms with van der Waals surface area (Å²) in [6, 6.07) is 8.08. The Balaban J connectivity index is 2.83. The van der Waals surface area contributed by atoms with Crippen molar-refractivity contribution in [3.05, 3.63) is 35.9 Å². The number of aliphatic hydroxyl groups excluding tert-OH is 1. The van der Waals surface area contributed by atoms with Crippen LogP contribution in [-0.2, 0) is 4.79 Å².